The molecule has 0 spiro atoms. The zero-order valence-electron chi connectivity index (χ0n) is 17.2. The van der Waals surface area contributed by atoms with Gasteiger partial charge in [0.15, 0.2) is 0 Å². The molecule has 1 atom stereocenters. The number of H-pyrrole nitrogens is 1. The zero-order valence-corrected chi connectivity index (χ0v) is 17.9. The van der Waals surface area contributed by atoms with E-state index < -0.39 is 0 Å². The molecule has 162 valence electrons. The summed E-state index contributed by atoms with van der Waals surface area (Å²) in [5, 5.41) is 7.40. The van der Waals surface area contributed by atoms with Gasteiger partial charge in [0.05, 0.1) is 6.04 Å². The van der Waals surface area contributed by atoms with Crippen molar-refractivity contribution in [3.8, 4) is 0 Å². The molecule has 2 aromatic heterocycles. The third kappa shape index (κ3) is 5.39. The van der Waals surface area contributed by atoms with Crippen LogP contribution >= 0.6 is 11.6 Å². The number of nitrogens with zero attached hydrogens (tertiary/aromatic N) is 2. The van der Waals surface area contributed by atoms with Crippen LogP contribution in [0.3, 0.4) is 0 Å². The second-order valence-electron chi connectivity index (χ2n) is 7.72. The molecule has 1 saturated heterocycles. The highest BCUT2D eigenvalue weighted by Gasteiger charge is 2.18. The summed E-state index contributed by atoms with van der Waals surface area (Å²) >= 11 is 6.07. The number of hydrogen-bond acceptors (Lipinski definition) is 6. The number of fused-ring (bicyclic) bond motifs is 1. The van der Waals surface area contributed by atoms with Crippen LogP contribution < -0.4 is 16.2 Å². The zero-order chi connectivity index (χ0) is 21.8. The number of hydrogen-bond donors (Lipinski definition) is 3. The van der Waals surface area contributed by atoms with E-state index in [-0.39, 0.29) is 17.5 Å². The lowest BCUT2D eigenvalue weighted by molar-refractivity contribution is -0.117. The molecule has 31 heavy (non-hydrogen) atoms. The maximum Gasteiger partial charge on any atom is 0.253 e. The Kier molecular flexibility index (Phi) is 6.48. The van der Waals surface area contributed by atoms with Gasteiger partial charge in [0.25, 0.3) is 5.56 Å². The highest BCUT2D eigenvalue weighted by Crippen LogP contribution is 2.22. The van der Waals surface area contributed by atoms with Gasteiger partial charge in [0, 0.05) is 47.3 Å². The van der Waals surface area contributed by atoms with Crippen molar-refractivity contribution in [2.75, 3.05) is 23.8 Å². The number of aromatic nitrogens is 3. The van der Waals surface area contributed by atoms with E-state index in [1.807, 2.05) is 6.92 Å². The molecule has 1 unspecified atom stereocenters. The maximum atomic E-state index is 12.5. The minimum Gasteiger partial charge on any atom is -0.381 e. The van der Waals surface area contributed by atoms with Gasteiger partial charge in [0.1, 0.15) is 5.82 Å². The van der Waals surface area contributed by atoms with Crippen LogP contribution in [0.5, 0.6) is 0 Å². The van der Waals surface area contributed by atoms with E-state index in [0.717, 1.165) is 23.7 Å². The molecule has 0 saturated carbocycles. The van der Waals surface area contributed by atoms with E-state index in [4.69, 9.17) is 16.3 Å². The van der Waals surface area contributed by atoms with Crippen LogP contribution in [0.2, 0.25) is 5.02 Å². The molecular formula is C22H24ClN5O3. The Labute approximate surface area is 184 Å². The molecular weight excluding hydrogens is 418 g/mol. The second kappa shape index (κ2) is 9.45. The summed E-state index contributed by atoms with van der Waals surface area (Å²) in [7, 11) is 0. The van der Waals surface area contributed by atoms with Crippen LogP contribution in [0.1, 0.15) is 37.8 Å². The monoisotopic (exact) mass is 441 g/mol. The smallest absolute Gasteiger partial charge is 0.253 e. The number of pyridine rings is 1. The first kappa shape index (κ1) is 21.3. The molecule has 1 aromatic carbocycles. The number of amides is 1. The van der Waals surface area contributed by atoms with Crippen LogP contribution in [-0.2, 0) is 9.53 Å². The molecule has 1 aliphatic rings. The summed E-state index contributed by atoms with van der Waals surface area (Å²) in [5.74, 6) is 0.997. The fraction of sp³-hybridized carbons (Fsp3) is 0.364. The van der Waals surface area contributed by atoms with Gasteiger partial charge in [-0.3, -0.25) is 9.59 Å². The number of benzene rings is 1. The van der Waals surface area contributed by atoms with Crippen LogP contribution in [-0.4, -0.2) is 34.1 Å². The van der Waals surface area contributed by atoms with Gasteiger partial charge in [-0.2, -0.15) is 4.98 Å². The van der Waals surface area contributed by atoms with Crippen molar-refractivity contribution in [2.45, 2.75) is 32.2 Å². The van der Waals surface area contributed by atoms with Gasteiger partial charge in [-0.25, -0.2) is 4.98 Å². The number of halogens is 1. The topological polar surface area (TPSA) is 109 Å². The predicted molar refractivity (Wildman–Crippen MR) is 120 cm³/mol. The minimum absolute atomic E-state index is 0.0764. The molecule has 8 nitrogen and oxygen atoms in total. The van der Waals surface area contributed by atoms with E-state index in [2.05, 4.69) is 25.6 Å². The average Bonchev–Trinajstić information content (AvgIpc) is 2.74. The van der Waals surface area contributed by atoms with Crippen molar-refractivity contribution in [3.05, 3.63) is 57.5 Å². The first-order chi connectivity index (χ1) is 15.0. The average molecular weight is 442 g/mol. The molecule has 1 amide bonds. The van der Waals surface area contributed by atoms with Crippen molar-refractivity contribution in [3.63, 3.8) is 0 Å². The normalized spacial score (nSPS) is 15.5. The van der Waals surface area contributed by atoms with E-state index in [9.17, 15) is 9.59 Å². The standard InChI is InChI=1S/C22H24ClN5O3/c1-13(17-12-15-11-16(23)2-3-18(15)26-21(17)30)25-22-24-7-4-19(28-22)27-20(29)10-14-5-8-31-9-6-14/h2-4,7,11-14H,5-6,8-10H2,1H3,(H,26,30)(H2,24,25,27,28,29). The fourth-order valence-electron chi connectivity index (χ4n) is 3.69. The summed E-state index contributed by atoms with van der Waals surface area (Å²) < 4.78 is 5.33. The lowest BCUT2D eigenvalue weighted by atomic mass is 9.96. The molecule has 3 heterocycles. The van der Waals surface area contributed by atoms with Crippen LogP contribution in [0.4, 0.5) is 11.8 Å². The molecule has 9 heteroatoms. The van der Waals surface area contributed by atoms with E-state index in [1.54, 1.807) is 36.5 Å². The van der Waals surface area contributed by atoms with Gasteiger partial charge in [-0.1, -0.05) is 11.6 Å². The SMILES string of the molecule is CC(Nc1nccc(NC(=O)CC2CCOCC2)n1)c1cc2cc(Cl)ccc2[nH]c1=O. The van der Waals surface area contributed by atoms with Gasteiger partial charge in [0.2, 0.25) is 11.9 Å². The summed E-state index contributed by atoms with van der Waals surface area (Å²) in [4.78, 5) is 36.3. The number of rotatable bonds is 6. The summed E-state index contributed by atoms with van der Waals surface area (Å²) in [6.07, 6.45) is 3.80. The molecule has 1 fully saturated rings. The molecule has 0 aliphatic carbocycles. The Bertz CT molecular complexity index is 1140. The highest BCUT2D eigenvalue weighted by molar-refractivity contribution is 6.31. The number of carbonyl (C=O) groups excluding carboxylic acids is 1. The Balaban J connectivity index is 1.44. The van der Waals surface area contributed by atoms with Crippen molar-refractivity contribution >= 4 is 40.2 Å². The van der Waals surface area contributed by atoms with E-state index in [1.165, 1.54) is 0 Å². The van der Waals surface area contributed by atoms with Gasteiger partial charge < -0.3 is 20.4 Å². The van der Waals surface area contributed by atoms with Crippen molar-refractivity contribution in [1.82, 2.24) is 15.0 Å². The van der Waals surface area contributed by atoms with Crippen molar-refractivity contribution < 1.29 is 9.53 Å². The maximum absolute atomic E-state index is 12.5. The lowest BCUT2D eigenvalue weighted by Gasteiger charge is -2.21. The first-order valence-electron chi connectivity index (χ1n) is 10.3. The summed E-state index contributed by atoms with van der Waals surface area (Å²) in [6.45, 7) is 3.26. The van der Waals surface area contributed by atoms with Crippen molar-refractivity contribution in [2.24, 2.45) is 5.92 Å². The number of anilines is 2. The summed E-state index contributed by atoms with van der Waals surface area (Å²) in [5.41, 5.74) is 1.05. The molecule has 0 bridgehead atoms. The number of aromatic amines is 1. The largest absolute Gasteiger partial charge is 0.381 e. The van der Waals surface area contributed by atoms with Crippen LogP contribution in [0, 0.1) is 5.92 Å². The van der Waals surface area contributed by atoms with E-state index in [0.29, 0.717) is 47.9 Å². The quantitative estimate of drug-likeness (QED) is 0.535. The number of ether oxygens (including phenoxy) is 1. The van der Waals surface area contributed by atoms with Gasteiger partial charge in [-0.15, -0.1) is 0 Å². The molecule has 0 radical (unpaired) electrons. The molecule has 4 rings (SSSR count). The van der Waals surface area contributed by atoms with Gasteiger partial charge >= 0.3 is 0 Å². The third-order valence-corrected chi connectivity index (χ3v) is 5.62. The van der Waals surface area contributed by atoms with Crippen LogP contribution in [0.25, 0.3) is 10.9 Å². The Morgan fingerprint density at radius 2 is 2.10 bits per heavy atom. The molecule has 3 aromatic rings. The Morgan fingerprint density at radius 1 is 1.29 bits per heavy atom. The molecule has 1 aliphatic heterocycles. The van der Waals surface area contributed by atoms with E-state index >= 15 is 0 Å². The third-order valence-electron chi connectivity index (χ3n) is 5.39. The number of carbonyl (C=O) groups is 1. The second-order valence-corrected chi connectivity index (χ2v) is 8.16. The predicted octanol–water partition coefficient (Wildman–Crippen LogP) is 3.90. The minimum atomic E-state index is -0.361. The lowest BCUT2D eigenvalue weighted by Crippen LogP contribution is -2.23. The highest BCUT2D eigenvalue weighted by atomic mass is 35.5. The number of nitrogens with one attached hydrogen (secondary N) is 3. The summed E-state index contributed by atoms with van der Waals surface area (Å²) in [6, 6.07) is 8.39. The van der Waals surface area contributed by atoms with Crippen molar-refractivity contribution in [1.29, 1.82) is 0 Å². The Hall–Kier alpha value is -2.97. The fourth-order valence-corrected chi connectivity index (χ4v) is 3.87. The first-order valence-corrected chi connectivity index (χ1v) is 10.7. The van der Waals surface area contributed by atoms with Crippen LogP contribution in [0.15, 0.2) is 41.3 Å². The van der Waals surface area contributed by atoms with Gasteiger partial charge in [-0.05, 0) is 56.0 Å². The Morgan fingerprint density at radius 3 is 2.90 bits per heavy atom. The molecule has 3 N–H and O–H groups in total.